The van der Waals surface area contributed by atoms with Gasteiger partial charge in [0.2, 0.25) is 0 Å². The predicted octanol–water partition coefficient (Wildman–Crippen LogP) is 2.51. The van der Waals surface area contributed by atoms with Gasteiger partial charge in [-0.05, 0) is 19.0 Å². The van der Waals surface area contributed by atoms with Crippen molar-refractivity contribution in [1.29, 1.82) is 0 Å². The maximum absolute atomic E-state index is 5.72. The number of nitrogens with zero attached hydrogens (tertiary/aromatic N) is 1. The third-order valence-electron chi connectivity index (χ3n) is 3.56. The van der Waals surface area contributed by atoms with Crippen LogP contribution in [0, 0.1) is 0 Å². The van der Waals surface area contributed by atoms with Gasteiger partial charge in [0.1, 0.15) is 0 Å². The molecule has 1 aromatic rings. The first kappa shape index (κ1) is 11.6. The zero-order valence-corrected chi connectivity index (χ0v) is 10.2. The van der Waals surface area contributed by atoms with Gasteiger partial charge in [-0.1, -0.05) is 37.3 Å². The number of ether oxygens (including phenoxy) is 1. The van der Waals surface area contributed by atoms with Crippen molar-refractivity contribution in [3.63, 3.8) is 0 Å². The topological polar surface area (TPSA) is 12.5 Å². The summed E-state index contributed by atoms with van der Waals surface area (Å²) in [5.41, 5.74) is 1.41. The lowest BCUT2D eigenvalue weighted by molar-refractivity contribution is 0.136. The average Bonchev–Trinajstić information content (AvgIpc) is 2.52. The first-order chi connectivity index (χ1) is 7.83. The van der Waals surface area contributed by atoms with Crippen LogP contribution in [-0.4, -0.2) is 37.7 Å². The van der Waals surface area contributed by atoms with Crippen molar-refractivity contribution in [1.82, 2.24) is 4.90 Å². The van der Waals surface area contributed by atoms with E-state index >= 15 is 0 Å². The summed E-state index contributed by atoms with van der Waals surface area (Å²) in [4.78, 5) is 2.44. The summed E-state index contributed by atoms with van der Waals surface area (Å²) >= 11 is 0. The Morgan fingerprint density at radius 1 is 1.31 bits per heavy atom. The predicted molar refractivity (Wildman–Crippen MR) is 66.7 cm³/mol. The van der Waals surface area contributed by atoms with Crippen LogP contribution in [0.4, 0.5) is 0 Å². The van der Waals surface area contributed by atoms with Crippen LogP contribution in [0.25, 0.3) is 0 Å². The Kier molecular flexibility index (Phi) is 3.97. The molecule has 0 saturated carbocycles. The number of hydrogen-bond donors (Lipinski definition) is 0. The number of rotatable bonds is 2. The molecule has 16 heavy (non-hydrogen) atoms. The average molecular weight is 219 g/mol. The molecule has 1 aromatic carbocycles. The maximum Gasteiger partial charge on any atom is 0.0593 e. The van der Waals surface area contributed by atoms with E-state index in [0.717, 1.165) is 19.8 Å². The number of hydrogen-bond acceptors (Lipinski definition) is 2. The first-order valence-corrected chi connectivity index (χ1v) is 6.16. The number of benzene rings is 1. The van der Waals surface area contributed by atoms with Crippen molar-refractivity contribution >= 4 is 0 Å². The third kappa shape index (κ3) is 2.45. The number of likely N-dealkylation sites (N-methyl/N-ethyl adjacent to an activating group) is 1. The van der Waals surface area contributed by atoms with Gasteiger partial charge in [-0.15, -0.1) is 0 Å². The summed E-state index contributed by atoms with van der Waals surface area (Å²) in [7, 11) is 2.21. The molecule has 2 heteroatoms. The van der Waals surface area contributed by atoms with Crippen LogP contribution in [0.15, 0.2) is 30.3 Å². The Balaban J connectivity index is 2.22. The van der Waals surface area contributed by atoms with E-state index in [2.05, 4.69) is 49.2 Å². The minimum atomic E-state index is 0.513. The summed E-state index contributed by atoms with van der Waals surface area (Å²) in [5, 5.41) is 0. The Labute approximate surface area is 98.2 Å². The van der Waals surface area contributed by atoms with Crippen molar-refractivity contribution in [2.45, 2.75) is 25.3 Å². The Morgan fingerprint density at radius 3 is 2.75 bits per heavy atom. The zero-order chi connectivity index (χ0) is 11.4. The fourth-order valence-corrected chi connectivity index (χ4v) is 2.62. The molecule has 0 aromatic heterocycles. The molecule has 0 amide bonds. The second kappa shape index (κ2) is 5.46. The van der Waals surface area contributed by atoms with Gasteiger partial charge >= 0.3 is 0 Å². The van der Waals surface area contributed by atoms with Crippen LogP contribution >= 0.6 is 0 Å². The maximum atomic E-state index is 5.72. The SMILES string of the molecule is CCC1C(c2ccccc2)COCCN1C. The van der Waals surface area contributed by atoms with Gasteiger partial charge in [0, 0.05) is 18.5 Å². The molecule has 1 aliphatic heterocycles. The van der Waals surface area contributed by atoms with Crippen LogP contribution in [-0.2, 0) is 4.74 Å². The molecule has 2 atom stereocenters. The van der Waals surface area contributed by atoms with Gasteiger partial charge in [0.25, 0.3) is 0 Å². The van der Waals surface area contributed by atoms with Crippen molar-refractivity contribution < 1.29 is 4.74 Å². The second-order valence-corrected chi connectivity index (χ2v) is 4.55. The summed E-state index contributed by atoms with van der Waals surface area (Å²) in [6.45, 7) is 5.02. The van der Waals surface area contributed by atoms with Crippen LogP contribution in [0.1, 0.15) is 24.8 Å². The van der Waals surface area contributed by atoms with Crippen LogP contribution in [0.2, 0.25) is 0 Å². The van der Waals surface area contributed by atoms with Crippen LogP contribution < -0.4 is 0 Å². The van der Waals surface area contributed by atoms with Gasteiger partial charge in [0.05, 0.1) is 13.2 Å². The van der Waals surface area contributed by atoms with Gasteiger partial charge in [0.15, 0.2) is 0 Å². The molecule has 0 N–H and O–H groups in total. The quantitative estimate of drug-likeness (QED) is 0.758. The van der Waals surface area contributed by atoms with Crippen molar-refractivity contribution in [2.75, 3.05) is 26.8 Å². The van der Waals surface area contributed by atoms with Crippen LogP contribution in [0.5, 0.6) is 0 Å². The molecule has 0 aliphatic carbocycles. The summed E-state index contributed by atoms with van der Waals surface area (Å²) in [6.07, 6.45) is 1.18. The van der Waals surface area contributed by atoms with E-state index in [1.165, 1.54) is 12.0 Å². The first-order valence-electron chi connectivity index (χ1n) is 6.16. The van der Waals surface area contributed by atoms with Gasteiger partial charge in [-0.3, -0.25) is 0 Å². The lowest BCUT2D eigenvalue weighted by atomic mass is 9.90. The zero-order valence-electron chi connectivity index (χ0n) is 10.2. The smallest absolute Gasteiger partial charge is 0.0593 e. The Bertz CT molecular complexity index is 312. The van der Waals surface area contributed by atoms with Gasteiger partial charge in [-0.25, -0.2) is 0 Å². The minimum absolute atomic E-state index is 0.513. The molecule has 1 aliphatic rings. The van der Waals surface area contributed by atoms with E-state index in [4.69, 9.17) is 4.74 Å². The van der Waals surface area contributed by atoms with E-state index in [0.29, 0.717) is 12.0 Å². The van der Waals surface area contributed by atoms with E-state index in [-0.39, 0.29) is 0 Å². The highest BCUT2D eigenvalue weighted by atomic mass is 16.5. The molecule has 88 valence electrons. The normalized spacial score (nSPS) is 27.6. The molecule has 1 heterocycles. The van der Waals surface area contributed by atoms with E-state index in [1.54, 1.807) is 0 Å². The standard InChI is InChI=1S/C14H21NO/c1-3-14-13(11-16-10-9-15(14)2)12-7-5-4-6-8-12/h4-8,13-14H,3,9-11H2,1-2H3. The van der Waals surface area contributed by atoms with Crippen LogP contribution in [0.3, 0.4) is 0 Å². The lowest BCUT2D eigenvalue weighted by Gasteiger charge is -2.30. The molecule has 2 nitrogen and oxygen atoms in total. The van der Waals surface area contributed by atoms with Crippen molar-refractivity contribution in [3.05, 3.63) is 35.9 Å². The highest BCUT2D eigenvalue weighted by Gasteiger charge is 2.27. The van der Waals surface area contributed by atoms with Gasteiger partial charge in [-0.2, -0.15) is 0 Å². The molecule has 0 radical (unpaired) electrons. The molecule has 0 bridgehead atoms. The van der Waals surface area contributed by atoms with E-state index in [9.17, 15) is 0 Å². The second-order valence-electron chi connectivity index (χ2n) is 4.55. The van der Waals surface area contributed by atoms with Crippen molar-refractivity contribution in [3.8, 4) is 0 Å². The molecule has 1 fully saturated rings. The largest absolute Gasteiger partial charge is 0.379 e. The summed E-state index contributed by atoms with van der Waals surface area (Å²) in [6, 6.07) is 11.3. The van der Waals surface area contributed by atoms with Gasteiger partial charge < -0.3 is 9.64 Å². The molecule has 1 saturated heterocycles. The summed E-state index contributed by atoms with van der Waals surface area (Å²) < 4.78 is 5.72. The molecule has 2 rings (SSSR count). The fourth-order valence-electron chi connectivity index (χ4n) is 2.62. The molecule has 0 spiro atoms. The monoisotopic (exact) mass is 219 g/mol. The lowest BCUT2D eigenvalue weighted by Crippen LogP contribution is -2.36. The van der Waals surface area contributed by atoms with E-state index < -0.39 is 0 Å². The Hall–Kier alpha value is -0.860. The molecular formula is C14H21NO. The Morgan fingerprint density at radius 2 is 2.06 bits per heavy atom. The van der Waals surface area contributed by atoms with Crippen molar-refractivity contribution in [2.24, 2.45) is 0 Å². The fraction of sp³-hybridized carbons (Fsp3) is 0.571. The highest BCUT2D eigenvalue weighted by molar-refractivity contribution is 5.21. The third-order valence-corrected chi connectivity index (χ3v) is 3.56. The highest BCUT2D eigenvalue weighted by Crippen LogP contribution is 2.27. The van der Waals surface area contributed by atoms with E-state index in [1.807, 2.05) is 0 Å². The molecular weight excluding hydrogens is 198 g/mol. The minimum Gasteiger partial charge on any atom is -0.379 e. The summed E-state index contributed by atoms with van der Waals surface area (Å²) in [5.74, 6) is 0.513. The molecule has 2 unspecified atom stereocenters.